The minimum atomic E-state index is -1.67. The molecule has 0 aromatic rings. The van der Waals surface area contributed by atoms with E-state index in [0.717, 1.165) is 51.4 Å². The summed E-state index contributed by atoms with van der Waals surface area (Å²) >= 11 is 0. The van der Waals surface area contributed by atoms with Crippen LogP contribution in [-0.2, 0) is 14.3 Å². The molecule has 1 saturated heterocycles. The van der Waals surface area contributed by atoms with Crippen molar-refractivity contribution in [1.29, 1.82) is 0 Å². The molecule has 1 aliphatic rings. The molecule has 52 heavy (non-hydrogen) atoms. The molecule has 0 spiro atoms. The largest absolute Gasteiger partial charge is 0.394 e. The minimum absolute atomic E-state index is 0.228. The van der Waals surface area contributed by atoms with Crippen molar-refractivity contribution in [1.82, 2.24) is 5.32 Å². The number of rotatable bonds is 32. The first kappa shape index (κ1) is 48.3. The van der Waals surface area contributed by atoms with Crippen LogP contribution in [0.5, 0.6) is 0 Å². The van der Waals surface area contributed by atoms with Gasteiger partial charge in [0.2, 0.25) is 5.91 Å². The summed E-state index contributed by atoms with van der Waals surface area (Å²) < 4.78 is 11.0. The van der Waals surface area contributed by atoms with Gasteiger partial charge in [0, 0.05) is 0 Å². The van der Waals surface area contributed by atoms with Crippen LogP contribution in [0.2, 0.25) is 0 Å². The Morgan fingerprint density at radius 3 is 1.77 bits per heavy atom. The van der Waals surface area contributed by atoms with Crippen molar-refractivity contribution in [2.24, 2.45) is 0 Å². The van der Waals surface area contributed by atoms with Gasteiger partial charge < -0.3 is 50.5 Å². The van der Waals surface area contributed by atoms with Crippen LogP contribution < -0.4 is 5.32 Å². The molecule has 11 heteroatoms. The Balaban J connectivity index is 2.57. The van der Waals surface area contributed by atoms with E-state index in [-0.39, 0.29) is 12.8 Å². The van der Waals surface area contributed by atoms with Crippen molar-refractivity contribution < 1.29 is 50.0 Å². The Hall–Kier alpha value is -1.67. The fourth-order valence-corrected chi connectivity index (χ4v) is 6.14. The topological polar surface area (TPSA) is 189 Å². The van der Waals surface area contributed by atoms with Gasteiger partial charge in [-0.25, -0.2) is 0 Å². The molecule has 0 saturated carbocycles. The third kappa shape index (κ3) is 21.9. The Kier molecular flexibility index (Phi) is 29.4. The van der Waals surface area contributed by atoms with Crippen LogP contribution in [0.3, 0.4) is 0 Å². The standard InChI is InChI=1S/C41H75NO10/c1-3-5-7-9-11-13-14-15-16-17-18-19-21-22-24-26-28-33(44)36(46)32(31-51-41-39(49)38(48)37(47)35(30-43)52-41)42-40(50)34(45)29-27-25-23-20-12-10-8-6-4-2/h10,12,16-17,21-22,32-39,41,43-49H,3-9,11,13-15,18-20,23-31H2,1-2H3,(H,42,50)/b12-10-,17-16+,22-21+. The Labute approximate surface area is 314 Å². The fraction of sp³-hybridized carbons (Fsp3) is 0.829. The van der Waals surface area contributed by atoms with Crippen molar-refractivity contribution in [3.05, 3.63) is 36.5 Å². The number of amides is 1. The van der Waals surface area contributed by atoms with Crippen molar-refractivity contribution in [2.45, 2.75) is 204 Å². The summed E-state index contributed by atoms with van der Waals surface area (Å²) in [5, 5.41) is 75.1. The van der Waals surface area contributed by atoms with Gasteiger partial charge in [-0.3, -0.25) is 4.79 Å². The van der Waals surface area contributed by atoms with Gasteiger partial charge in [0.1, 0.15) is 36.6 Å². The quantitative estimate of drug-likeness (QED) is 0.0333. The van der Waals surface area contributed by atoms with E-state index in [9.17, 15) is 40.5 Å². The highest BCUT2D eigenvalue weighted by Crippen LogP contribution is 2.23. The van der Waals surface area contributed by atoms with Gasteiger partial charge >= 0.3 is 0 Å². The maximum Gasteiger partial charge on any atom is 0.249 e. The first-order valence-corrected chi connectivity index (χ1v) is 20.4. The zero-order valence-electron chi connectivity index (χ0n) is 32.3. The van der Waals surface area contributed by atoms with Gasteiger partial charge in [-0.1, -0.05) is 115 Å². The molecule has 0 aromatic heterocycles. The van der Waals surface area contributed by atoms with Gasteiger partial charge in [0.05, 0.1) is 25.4 Å². The fourth-order valence-electron chi connectivity index (χ4n) is 6.14. The molecule has 11 nitrogen and oxygen atoms in total. The Morgan fingerprint density at radius 1 is 0.654 bits per heavy atom. The third-order valence-corrected chi connectivity index (χ3v) is 9.64. The van der Waals surface area contributed by atoms with E-state index in [2.05, 4.69) is 55.6 Å². The molecule has 0 radical (unpaired) electrons. The van der Waals surface area contributed by atoms with Gasteiger partial charge in [0.25, 0.3) is 0 Å². The summed E-state index contributed by atoms with van der Waals surface area (Å²) in [6.07, 6.45) is 22.2. The predicted molar refractivity (Wildman–Crippen MR) is 205 cm³/mol. The molecular formula is C41H75NO10. The molecule has 1 aliphatic heterocycles. The van der Waals surface area contributed by atoms with Crippen LogP contribution in [0.25, 0.3) is 0 Å². The number of carbonyl (C=O) groups is 1. The van der Waals surface area contributed by atoms with E-state index < -0.39 is 74.2 Å². The highest BCUT2D eigenvalue weighted by Gasteiger charge is 2.44. The molecule has 1 rings (SSSR count). The number of allylic oxidation sites excluding steroid dienone is 6. The number of nitrogens with one attached hydrogen (secondary N) is 1. The molecule has 9 atom stereocenters. The molecule has 1 amide bonds. The zero-order valence-corrected chi connectivity index (χ0v) is 32.3. The normalized spacial score (nSPS) is 23.4. The van der Waals surface area contributed by atoms with Gasteiger partial charge in [-0.05, 0) is 70.6 Å². The van der Waals surface area contributed by atoms with E-state index in [4.69, 9.17) is 9.47 Å². The highest BCUT2D eigenvalue weighted by atomic mass is 16.7. The average Bonchev–Trinajstić information content (AvgIpc) is 3.14. The maximum atomic E-state index is 13.0. The number of hydrogen-bond acceptors (Lipinski definition) is 10. The lowest BCUT2D eigenvalue weighted by molar-refractivity contribution is -0.303. The molecule has 8 N–H and O–H groups in total. The summed E-state index contributed by atoms with van der Waals surface area (Å²) in [5.41, 5.74) is 0. The third-order valence-electron chi connectivity index (χ3n) is 9.64. The smallest absolute Gasteiger partial charge is 0.249 e. The Morgan fingerprint density at radius 2 is 1.17 bits per heavy atom. The first-order valence-electron chi connectivity index (χ1n) is 20.4. The summed E-state index contributed by atoms with van der Waals surface area (Å²) in [5.74, 6) is -0.729. The minimum Gasteiger partial charge on any atom is -0.394 e. The van der Waals surface area contributed by atoms with Crippen molar-refractivity contribution in [3.8, 4) is 0 Å². The van der Waals surface area contributed by atoms with Crippen molar-refractivity contribution >= 4 is 5.91 Å². The van der Waals surface area contributed by atoms with Crippen LogP contribution in [-0.4, -0.2) is 110 Å². The van der Waals surface area contributed by atoms with Crippen LogP contribution in [0.4, 0.5) is 0 Å². The molecule has 0 aliphatic carbocycles. The summed E-state index contributed by atoms with van der Waals surface area (Å²) in [6, 6.07) is -1.19. The monoisotopic (exact) mass is 742 g/mol. The molecular weight excluding hydrogens is 666 g/mol. The molecule has 0 aromatic carbocycles. The predicted octanol–water partition coefficient (Wildman–Crippen LogP) is 5.27. The number of carbonyl (C=O) groups excluding carboxylic acids is 1. The van der Waals surface area contributed by atoms with E-state index in [0.29, 0.717) is 19.3 Å². The number of ether oxygens (including phenoxy) is 2. The Bertz CT molecular complexity index is 945. The highest BCUT2D eigenvalue weighted by molar-refractivity contribution is 5.80. The number of unbranched alkanes of at least 4 members (excludes halogenated alkanes) is 14. The van der Waals surface area contributed by atoms with Crippen LogP contribution in [0.1, 0.15) is 149 Å². The molecule has 1 fully saturated rings. The average molecular weight is 742 g/mol. The van der Waals surface area contributed by atoms with Crippen LogP contribution in [0, 0.1) is 0 Å². The summed E-state index contributed by atoms with van der Waals surface area (Å²) in [6.45, 7) is 3.31. The number of hydrogen-bond donors (Lipinski definition) is 8. The van der Waals surface area contributed by atoms with Crippen molar-refractivity contribution in [2.75, 3.05) is 13.2 Å². The zero-order chi connectivity index (χ0) is 38.4. The van der Waals surface area contributed by atoms with Crippen LogP contribution in [0.15, 0.2) is 36.5 Å². The number of aliphatic hydroxyl groups excluding tert-OH is 7. The van der Waals surface area contributed by atoms with E-state index in [1.54, 1.807) is 0 Å². The van der Waals surface area contributed by atoms with Gasteiger partial charge in [-0.15, -0.1) is 0 Å². The lowest BCUT2D eigenvalue weighted by atomic mass is 9.98. The second-order valence-corrected chi connectivity index (χ2v) is 14.3. The molecule has 1 heterocycles. The maximum absolute atomic E-state index is 13.0. The summed E-state index contributed by atoms with van der Waals surface area (Å²) in [7, 11) is 0. The second-order valence-electron chi connectivity index (χ2n) is 14.3. The van der Waals surface area contributed by atoms with Gasteiger partial charge in [-0.2, -0.15) is 0 Å². The molecule has 0 bridgehead atoms. The van der Waals surface area contributed by atoms with E-state index in [1.807, 2.05) is 0 Å². The molecule has 9 unspecified atom stereocenters. The second kappa shape index (κ2) is 31.7. The van der Waals surface area contributed by atoms with Gasteiger partial charge in [0.15, 0.2) is 6.29 Å². The molecule has 304 valence electrons. The van der Waals surface area contributed by atoms with E-state index >= 15 is 0 Å². The SMILES string of the molecule is CCCC/C=C\CCCCCC(O)C(=O)NC(COC1OC(CO)C(O)C(O)C1O)C(O)C(O)CCC/C=C/CC/C=C/CCCCCCCCC. The summed E-state index contributed by atoms with van der Waals surface area (Å²) in [4.78, 5) is 13.0. The van der Waals surface area contributed by atoms with Crippen molar-refractivity contribution in [3.63, 3.8) is 0 Å². The van der Waals surface area contributed by atoms with E-state index in [1.165, 1.54) is 51.4 Å². The number of aliphatic hydroxyl groups is 7. The first-order chi connectivity index (χ1) is 25.2. The lowest BCUT2D eigenvalue weighted by Gasteiger charge is -2.40. The van der Waals surface area contributed by atoms with Crippen LogP contribution >= 0.6 is 0 Å². The lowest BCUT2D eigenvalue weighted by Crippen LogP contribution is -2.60.